The monoisotopic (exact) mass is 383 g/mol. The van der Waals surface area contributed by atoms with Gasteiger partial charge in [0.15, 0.2) is 18.1 Å². The van der Waals surface area contributed by atoms with E-state index in [9.17, 15) is 10.1 Å². The third-order valence-electron chi connectivity index (χ3n) is 3.67. The zero-order valence-corrected chi connectivity index (χ0v) is 14.9. The Balaban J connectivity index is 2.00. The lowest BCUT2D eigenvalue weighted by Gasteiger charge is -2.12. The molecule has 0 bridgehead atoms. The van der Waals surface area contributed by atoms with Crippen LogP contribution in [0.25, 0.3) is 22.7 Å². The number of carboxylic acid groups (broad SMARTS) is 1. The molecule has 0 unspecified atom stereocenters. The standard InChI is InChI=1S/C19H14ClN3O4/c1-26-16-8-11(7-13(20)18(16)27-10-17(24)25)6-12(9-21)19-22-14-4-2-3-5-15(14)23-19/h2-8H,10H2,1H3,(H,22,23)(H,24,25)/b12-6+. The SMILES string of the molecule is COc1cc(/C=C(\C#N)c2nc3ccccc3[nH]2)cc(Cl)c1OCC(=O)O. The van der Waals surface area contributed by atoms with Crippen LogP contribution >= 0.6 is 11.6 Å². The Morgan fingerprint density at radius 1 is 1.41 bits per heavy atom. The average Bonchev–Trinajstić information content (AvgIpc) is 3.08. The van der Waals surface area contributed by atoms with Gasteiger partial charge in [-0.2, -0.15) is 5.26 Å². The van der Waals surface area contributed by atoms with Crippen LogP contribution in [0.5, 0.6) is 11.5 Å². The topological polar surface area (TPSA) is 108 Å². The number of ether oxygens (including phenoxy) is 2. The molecule has 0 fully saturated rings. The fourth-order valence-corrected chi connectivity index (χ4v) is 2.77. The van der Waals surface area contributed by atoms with Gasteiger partial charge in [-0.05, 0) is 35.9 Å². The summed E-state index contributed by atoms with van der Waals surface area (Å²) in [5.74, 6) is -0.313. The molecular formula is C19H14ClN3O4. The summed E-state index contributed by atoms with van der Waals surface area (Å²) in [6.07, 6.45) is 1.60. The summed E-state index contributed by atoms with van der Waals surface area (Å²) in [6.45, 7) is -0.548. The number of rotatable bonds is 6. The molecule has 1 heterocycles. The number of nitriles is 1. The van der Waals surface area contributed by atoms with Crippen molar-refractivity contribution in [2.45, 2.75) is 0 Å². The van der Waals surface area contributed by atoms with Crippen LogP contribution in [0.1, 0.15) is 11.4 Å². The van der Waals surface area contributed by atoms with Gasteiger partial charge in [0, 0.05) is 0 Å². The lowest BCUT2D eigenvalue weighted by atomic mass is 10.1. The summed E-state index contributed by atoms with van der Waals surface area (Å²) in [4.78, 5) is 18.2. The Kier molecular flexibility index (Phi) is 5.29. The lowest BCUT2D eigenvalue weighted by Crippen LogP contribution is -2.10. The third-order valence-corrected chi connectivity index (χ3v) is 3.95. The van der Waals surface area contributed by atoms with Crippen molar-refractivity contribution in [1.82, 2.24) is 9.97 Å². The third kappa shape index (κ3) is 4.02. The number of carbonyl (C=O) groups is 1. The Hall–Kier alpha value is -3.50. The number of para-hydroxylation sites is 2. The number of nitrogens with zero attached hydrogens (tertiary/aromatic N) is 2. The molecule has 2 N–H and O–H groups in total. The number of H-pyrrole nitrogens is 1. The Morgan fingerprint density at radius 2 is 2.19 bits per heavy atom. The fourth-order valence-electron chi connectivity index (χ4n) is 2.50. The van der Waals surface area contributed by atoms with Crippen molar-refractivity contribution in [1.29, 1.82) is 5.26 Å². The van der Waals surface area contributed by atoms with Crippen molar-refractivity contribution >= 4 is 40.3 Å². The van der Waals surface area contributed by atoms with Crippen molar-refractivity contribution in [2.24, 2.45) is 0 Å². The first-order valence-electron chi connectivity index (χ1n) is 7.81. The van der Waals surface area contributed by atoms with Crippen LogP contribution in [0.2, 0.25) is 5.02 Å². The number of nitrogens with one attached hydrogen (secondary N) is 1. The second-order valence-electron chi connectivity index (χ2n) is 5.49. The minimum absolute atomic E-state index is 0.126. The van der Waals surface area contributed by atoms with E-state index in [0.717, 1.165) is 11.0 Å². The first-order valence-corrected chi connectivity index (χ1v) is 8.18. The smallest absolute Gasteiger partial charge is 0.341 e. The second-order valence-corrected chi connectivity index (χ2v) is 5.90. The molecule has 2 aromatic carbocycles. The number of hydrogen-bond acceptors (Lipinski definition) is 5. The van der Waals surface area contributed by atoms with E-state index >= 15 is 0 Å². The zero-order chi connectivity index (χ0) is 19.4. The zero-order valence-electron chi connectivity index (χ0n) is 14.2. The number of benzene rings is 2. The number of aromatic amines is 1. The average molecular weight is 384 g/mol. The number of imidazole rings is 1. The normalized spacial score (nSPS) is 11.2. The lowest BCUT2D eigenvalue weighted by molar-refractivity contribution is -0.139. The van der Waals surface area contributed by atoms with Gasteiger partial charge in [0.2, 0.25) is 0 Å². The van der Waals surface area contributed by atoms with E-state index in [1.807, 2.05) is 24.3 Å². The molecule has 3 aromatic rings. The molecule has 0 radical (unpaired) electrons. The second kappa shape index (κ2) is 7.81. The van der Waals surface area contributed by atoms with Crippen LogP contribution in [0.15, 0.2) is 36.4 Å². The molecule has 136 valence electrons. The molecule has 8 heteroatoms. The number of methoxy groups -OCH3 is 1. The van der Waals surface area contributed by atoms with Crippen LogP contribution in [0.4, 0.5) is 0 Å². The van der Waals surface area contributed by atoms with E-state index < -0.39 is 12.6 Å². The summed E-state index contributed by atoms with van der Waals surface area (Å²) in [7, 11) is 1.41. The van der Waals surface area contributed by atoms with Gasteiger partial charge in [0.1, 0.15) is 11.9 Å². The van der Waals surface area contributed by atoms with Gasteiger partial charge in [0.25, 0.3) is 0 Å². The number of carboxylic acids is 1. The maximum atomic E-state index is 10.7. The Labute approximate surface area is 159 Å². The van der Waals surface area contributed by atoms with Gasteiger partial charge >= 0.3 is 5.97 Å². The minimum Gasteiger partial charge on any atom is -0.493 e. The van der Waals surface area contributed by atoms with Gasteiger partial charge in [0.05, 0.1) is 28.7 Å². The maximum absolute atomic E-state index is 10.7. The Morgan fingerprint density at radius 3 is 2.85 bits per heavy atom. The predicted molar refractivity (Wildman–Crippen MR) is 101 cm³/mol. The van der Waals surface area contributed by atoms with Crippen molar-refractivity contribution in [3.8, 4) is 17.6 Å². The summed E-state index contributed by atoms with van der Waals surface area (Å²) in [5.41, 5.74) is 2.46. The molecule has 0 saturated carbocycles. The highest BCUT2D eigenvalue weighted by Crippen LogP contribution is 2.37. The number of allylic oxidation sites excluding steroid dienone is 1. The van der Waals surface area contributed by atoms with Gasteiger partial charge in [-0.3, -0.25) is 0 Å². The number of aromatic nitrogens is 2. The van der Waals surface area contributed by atoms with Gasteiger partial charge < -0.3 is 19.6 Å². The molecule has 0 spiro atoms. The quantitative estimate of drug-likeness (QED) is 0.627. The molecule has 0 aliphatic carbocycles. The van der Waals surface area contributed by atoms with Crippen LogP contribution in [0.3, 0.4) is 0 Å². The van der Waals surface area contributed by atoms with Crippen LogP contribution in [-0.4, -0.2) is 34.8 Å². The van der Waals surface area contributed by atoms with E-state index in [0.29, 0.717) is 17.0 Å². The van der Waals surface area contributed by atoms with Crippen LogP contribution in [0, 0.1) is 11.3 Å². The summed E-state index contributed by atoms with van der Waals surface area (Å²) in [5, 5.41) is 18.5. The molecule has 0 atom stereocenters. The molecule has 1 aromatic heterocycles. The summed E-state index contributed by atoms with van der Waals surface area (Å²) < 4.78 is 10.4. The fraction of sp³-hybridized carbons (Fsp3) is 0.105. The molecule has 27 heavy (non-hydrogen) atoms. The summed E-state index contributed by atoms with van der Waals surface area (Å²) in [6, 6.07) is 12.7. The van der Waals surface area contributed by atoms with Crippen molar-refractivity contribution < 1.29 is 19.4 Å². The largest absolute Gasteiger partial charge is 0.493 e. The number of aliphatic carboxylic acids is 1. The Bertz CT molecular complexity index is 1050. The highest BCUT2D eigenvalue weighted by atomic mass is 35.5. The van der Waals surface area contributed by atoms with E-state index in [-0.39, 0.29) is 16.5 Å². The minimum atomic E-state index is -1.13. The first kappa shape index (κ1) is 18.3. The van der Waals surface area contributed by atoms with E-state index in [4.69, 9.17) is 26.2 Å². The van der Waals surface area contributed by atoms with Crippen LogP contribution in [-0.2, 0) is 4.79 Å². The van der Waals surface area contributed by atoms with Crippen molar-refractivity contribution in [2.75, 3.05) is 13.7 Å². The van der Waals surface area contributed by atoms with Gasteiger partial charge in [-0.15, -0.1) is 0 Å². The molecule has 0 saturated heterocycles. The molecule has 7 nitrogen and oxygen atoms in total. The number of halogens is 1. The van der Waals surface area contributed by atoms with Crippen molar-refractivity contribution in [3.05, 3.63) is 52.8 Å². The molecule has 0 aliphatic heterocycles. The first-order chi connectivity index (χ1) is 13.0. The summed E-state index contributed by atoms with van der Waals surface area (Å²) >= 11 is 6.20. The van der Waals surface area contributed by atoms with Crippen LogP contribution < -0.4 is 9.47 Å². The highest BCUT2D eigenvalue weighted by Gasteiger charge is 2.14. The van der Waals surface area contributed by atoms with Crippen molar-refractivity contribution in [3.63, 3.8) is 0 Å². The highest BCUT2D eigenvalue weighted by molar-refractivity contribution is 6.32. The molecule has 0 aliphatic rings. The van der Waals surface area contributed by atoms with E-state index in [1.165, 1.54) is 7.11 Å². The number of fused-ring (bicyclic) bond motifs is 1. The number of hydrogen-bond donors (Lipinski definition) is 2. The molecule has 0 amide bonds. The maximum Gasteiger partial charge on any atom is 0.341 e. The van der Waals surface area contributed by atoms with Gasteiger partial charge in [-0.1, -0.05) is 23.7 Å². The van der Waals surface area contributed by atoms with E-state index in [1.54, 1.807) is 18.2 Å². The van der Waals surface area contributed by atoms with Gasteiger partial charge in [-0.25, -0.2) is 9.78 Å². The van der Waals surface area contributed by atoms with E-state index in [2.05, 4.69) is 16.0 Å². The molecular weight excluding hydrogens is 370 g/mol. The predicted octanol–water partition coefficient (Wildman–Crippen LogP) is 3.75. The molecule has 3 rings (SSSR count).